The Hall–Kier alpha value is -4.92. The SMILES string of the molecule is O=C(COc1cccc(F)c1)c1ccc2c(c1)N(Cc1ccc(C(=O)Nc3ccccc3)o1)C(=O)CO2. The number of furan rings is 1. The van der Waals surface area contributed by atoms with Gasteiger partial charge >= 0.3 is 0 Å². The first-order chi connectivity index (χ1) is 18.0. The summed E-state index contributed by atoms with van der Waals surface area (Å²) < 4.78 is 30.0. The van der Waals surface area contributed by atoms with E-state index in [1.807, 2.05) is 6.07 Å². The summed E-state index contributed by atoms with van der Waals surface area (Å²) in [6, 6.07) is 22.3. The zero-order valence-electron chi connectivity index (χ0n) is 19.5. The molecule has 1 aliphatic heterocycles. The lowest BCUT2D eigenvalue weighted by Gasteiger charge is -2.29. The van der Waals surface area contributed by atoms with E-state index in [2.05, 4.69) is 5.32 Å². The second-order valence-corrected chi connectivity index (χ2v) is 8.21. The maximum Gasteiger partial charge on any atom is 0.291 e. The molecule has 0 saturated carbocycles. The number of ketones is 1. The predicted octanol–water partition coefficient (Wildman–Crippen LogP) is 4.86. The van der Waals surface area contributed by atoms with Crippen LogP contribution in [0.2, 0.25) is 0 Å². The Bertz CT molecular complexity index is 1470. The summed E-state index contributed by atoms with van der Waals surface area (Å²) in [4.78, 5) is 39.4. The number of nitrogens with zero attached hydrogens (tertiary/aromatic N) is 1. The van der Waals surface area contributed by atoms with E-state index in [9.17, 15) is 18.8 Å². The van der Waals surface area contributed by atoms with Crippen LogP contribution >= 0.6 is 0 Å². The van der Waals surface area contributed by atoms with Crippen LogP contribution in [0.3, 0.4) is 0 Å². The van der Waals surface area contributed by atoms with E-state index in [0.717, 1.165) is 0 Å². The van der Waals surface area contributed by atoms with Gasteiger partial charge in [0.2, 0.25) is 0 Å². The van der Waals surface area contributed by atoms with Crippen molar-refractivity contribution in [3.8, 4) is 11.5 Å². The molecule has 0 fully saturated rings. The van der Waals surface area contributed by atoms with Gasteiger partial charge in [-0.1, -0.05) is 24.3 Å². The number of rotatable bonds is 8. The zero-order chi connectivity index (χ0) is 25.8. The predicted molar refractivity (Wildman–Crippen MR) is 132 cm³/mol. The van der Waals surface area contributed by atoms with Crippen LogP contribution < -0.4 is 19.7 Å². The molecule has 5 rings (SSSR count). The van der Waals surface area contributed by atoms with Gasteiger partial charge in [0.05, 0.1) is 12.2 Å². The highest BCUT2D eigenvalue weighted by atomic mass is 19.1. The van der Waals surface area contributed by atoms with E-state index in [0.29, 0.717) is 28.4 Å². The summed E-state index contributed by atoms with van der Waals surface area (Å²) in [5.74, 6) is -0.445. The molecular weight excluding hydrogens is 479 g/mol. The topological polar surface area (TPSA) is 98.1 Å². The van der Waals surface area contributed by atoms with Crippen LogP contribution in [0.15, 0.2) is 89.3 Å². The smallest absolute Gasteiger partial charge is 0.291 e. The van der Waals surface area contributed by atoms with Gasteiger partial charge in [-0.3, -0.25) is 19.3 Å². The molecule has 1 N–H and O–H groups in total. The van der Waals surface area contributed by atoms with Crippen molar-refractivity contribution in [2.24, 2.45) is 0 Å². The number of hydrogen-bond donors (Lipinski definition) is 1. The van der Waals surface area contributed by atoms with Crippen LogP contribution in [-0.4, -0.2) is 30.8 Å². The largest absolute Gasteiger partial charge is 0.485 e. The van der Waals surface area contributed by atoms with Gasteiger partial charge in [0.15, 0.2) is 24.8 Å². The van der Waals surface area contributed by atoms with Crippen molar-refractivity contribution in [1.82, 2.24) is 0 Å². The first-order valence-electron chi connectivity index (χ1n) is 11.4. The molecule has 1 aliphatic rings. The first kappa shape index (κ1) is 23.8. The van der Waals surface area contributed by atoms with E-state index in [1.165, 1.54) is 35.2 Å². The third-order valence-electron chi connectivity index (χ3n) is 5.62. The van der Waals surface area contributed by atoms with Crippen LogP contribution in [0.4, 0.5) is 15.8 Å². The second-order valence-electron chi connectivity index (χ2n) is 8.21. The Morgan fingerprint density at radius 3 is 2.62 bits per heavy atom. The van der Waals surface area contributed by atoms with E-state index < -0.39 is 11.7 Å². The Labute approximate surface area is 211 Å². The number of carbonyl (C=O) groups is 3. The Kier molecular flexibility index (Phi) is 6.67. The third kappa shape index (κ3) is 5.51. The summed E-state index contributed by atoms with van der Waals surface area (Å²) in [6.07, 6.45) is 0. The molecule has 0 saturated heterocycles. The lowest BCUT2D eigenvalue weighted by molar-refractivity contribution is -0.121. The van der Waals surface area contributed by atoms with E-state index in [4.69, 9.17) is 13.9 Å². The number of benzene rings is 3. The van der Waals surface area contributed by atoms with Crippen molar-refractivity contribution < 1.29 is 32.7 Å². The van der Waals surface area contributed by atoms with E-state index in [-0.39, 0.29) is 43.0 Å². The number of nitrogens with one attached hydrogen (secondary N) is 1. The van der Waals surface area contributed by atoms with Gasteiger partial charge < -0.3 is 19.2 Å². The molecule has 0 atom stereocenters. The van der Waals surface area contributed by atoms with Crippen LogP contribution in [0.1, 0.15) is 26.7 Å². The highest BCUT2D eigenvalue weighted by Gasteiger charge is 2.28. The van der Waals surface area contributed by atoms with Crippen LogP contribution in [-0.2, 0) is 11.3 Å². The fraction of sp³-hybridized carbons (Fsp3) is 0.107. The third-order valence-corrected chi connectivity index (χ3v) is 5.62. The average molecular weight is 500 g/mol. The van der Waals surface area contributed by atoms with Gasteiger partial charge in [-0.25, -0.2) is 4.39 Å². The molecule has 37 heavy (non-hydrogen) atoms. The standard InChI is InChI=1S/C28H21FN2O6/c29-19-5-4-8-21(14-19)35-16-24(32)18-9-11-25-23(13-18)31(27(33)17-36-25)15-22-10-12-26(37-22)28(34)30-20-6-2-1-3-7-20/h1-14H,15-17H2,(H,30,34). The highest BCUT2D eigenvalue weighted by Crippen LogP contribution is 2.34. The lowest BCUT2D eigenvalue weighted by atomic mass is 10.1. The molecule has 8 nitrogen and oxygen atoms in total. The molecule has 1 aromatic heterocycles. The second kappa shape index (κ2) is 10.4. The molecule has 2 heterocycles. The summed E-state index contributed by atoms with van der Waals surface area (Å²) in [6.45, 7) is -0.453. The summed E-state index contributed by atoms with van der Waals surface area (Å²) in [5.41, 5.74) is 1.31. The van der Waals surface area contributed by atoms with Crippen molar-refractivity contribution in [3.63, 3.8) is 0 Å². The number of para-hydroxylation sites is 1. The molecular formula is C28H21FN2O6. The molecule has 0 unspecified atom stereocenters. The van der Waals surface area contributed by atoms with Crippen LogP contribution in [0, 0.1) is 5.82 Å². The number of anilines is 2. The Morgan fingerprint density at radius 1 is 0.973 bits per heavy atom. The van der Waals surface area contributed by atoms with Crippen molar-refractivity contribution in [2.75, 3.05) is 23.4 Å². The molecule has 9 heteroatoms. The fourth-order valence-corrected chi connectivity index (χ4v) is 3.79. The first-order valence-corrected chi connectivity index (χ1v) is 11.4. The lowest BCUT2D eigenvalue weighted by Crippen LogP contribution is -2.38. The molecule has 2 amide bonds. The van der Waals surface area contributed by atoms with Crippen molar-refractivity contribution in [1.29, 1.82) is 0 Å². The summed E-state index contributed by atoms with van der Waals surface area (Å²) >= 11 is 0. The molecule has 0 bridgehead atoms. The van der Waals surface area contributed by atoms with Crippen molar-refractivity contribution in [3.05, 3.63) is 108 Å². The molecule has 0 radical (unpaired) electrons. The number of fused-ring (bicyclic) bond motifs is 1. The van der Waals surface area contributed by atoms with Gasteiger partial charge in [-0.2, -0.15) is 0 Å². The normalized spacial score (nSPS) is 12.5. The Balaban J connectivity index is 1.30. The van der Waals surface area contributed by atoms with E-state index in [1.54, 1.807) is 48.5 Å². The maximum absolute atomic E-state index is 13.4. The van der Waals surface area contributed by atoms with Gasteiger partial charge in [0, 0.05) is 17.3 Å². The minimum atomic E-state index is -0.469. The van der Waals surface area contributed by atoms with Crippen LogP contribution in [0.5, 0.6) is 11.5 Å². The molecule has 3 aromatic carbocycles. The fourth-order valence-electron chi connectivity index (χ4n) is 3.79. The summed E-state index contributed by atoms with van der Waals surface area (Å²) in [5, 5.41) is 2.74. The number of halogens is 1. The van der Waals surface area contributed by atoms with Crippen LogP contribution in [0.25, 0.3) is 0 Å². The van der Waals surface area contributed by atoms with Crippen molar-refractivity contribution >= 4 is 29.0 Å². The molecule has 4 aromatic rings. The minimum absolute atomic E-state index is 0.0330. The maximum atomic E-state index is 13.4. The molecule has 186 valence electrons. The Morgan fingerprint density at radius 2 is 1.81 bits per heavy atom. The number of hydrogen-bond acceptors (Lipinski definition) is 6. The van der Waals surface area contributed by atoms with E-state index >= 15 is 0 Å². The summed E-state index contributed by atoms with van der Waals surface area (Å²) in [7, 11) is 0. The highest BCUT2D eigenvalue weighted by molar-refractivity contribution is 6.03. The minimum Gasteiger partial charge on any atom is -0.485 e. The van der Waals surface area contributed by atoms with Gasteiger partial charge in [0.1, 0.15) is 23.1 Å². The van der Waals surface area contributed by atoms with Gasteiger partial charge in [-0.15, -0.1) is 0 Å². The van der Waals surface area contributed by atoms with Gasteiger partial charge in [-0.05, 0) is 54.6 Å². The number of amides is 2. The molecule has 0 aliphatic carbocycles. The number of carbonyl (C=O) groups excluding carboxylic acids is 3. The van der Waals surface area contributed by atoms with Gasteiger partial charge in [0.25, 0.3) is 11.8 Å². The zero-order valence-corrected chi connectivity index (χ0v) is 19.5. The average Bonchev–Trinajstić information content (AvgIpc) is 3.38. The monoisotopic (exact) mass is 500 g/mol. The quantitative estimate of drug-likeness (QED) is 0.347. The number of Topliss-reactive ketones (excluding diaryl/α,β-unsaturated/α-hetero) is 1. The molecule has 0 spiro atoms. The number of ether oxygens (including phenoxy) is 2. The van der Waals surface area contributed by atoms with Crippen molar-refractivity contribution in [2.45, 2.75) is 6.54 Å².